The summed E-state index contributed by atoms with van der Waals surface area (Å²) < 4.78 is 5.41. The van der Waals surface area contributed by atoms with Crippen LogP contribution in [0.4, 0.5) is 0 Å². The van der Waals surface area contributed by atoms with Gasteiger partial charge in [-0.15, -0.1) is 11.6 Å². The van der Waals surface area contributed by atoms with Gasteiger partial charge < -0.3 is 4.42 Å². The van der Waals surface area contributed by atoms with Gasteiger partial charge in [-0.2, -0.15) is 0 Å². The van der Waals surface area contributed by atoms with Gasteiger partial charge in [-0.3, -0.25) is 0 Å². The van der Waals surface area contributed by atoms with Crippen LogP contribution in [0.25, 0.3) is 0 Å². The van der Waals surface area contributed by atoms with Crippen LogP contribution in [-0.2, 0) is 6.42 Å². The summed E-state index contributed by atoms with van der Waals surface area (Å²) in [5.41, 5.74) is 3.50. The van der Waals surface area contributed by atoms with Crippen LogP contribution in [0.15, 0.2) is 41.0 Å². The second-order valence-electron chi connectivity index (χ2n) is 3.93. The average molecular weight is 235 g/mol. The highest BCUT2D eigenvalue weighted by atomic mass is 35.5. The van der Waals surface area contributed by atoms with Crippen molar-refractivity contribution < 1.29 is 4.42 Å². The second-order valence-corrected chi connectivity index (χ2v) is 4.36. The molecule has 1 aromatic carbocycles. The standard InChI is InChI=1S/C14H15ClO/c1-3-11-4-6-12(7-5-11)13(15)14-10(2)8-9-16-14/h4-9,13H,3H2,1-2H3. The zero-order chi connectivity index (χ0) is 11.5. The third-order valence-electron chi connectivity index (χ3n) is 2.81. The minimum absolute atomic E-state index is 0.194. The fourth-order valence-corrected chi connectivity index (χ4v) is 2.09. The van der Waals surface area contributed by atoms with Crippen molar-refractivity contribution in [3.05, 3.63) is 59.0 Å². The van der Waals surface area contributed by atoms with Gasteiger partial charge in [0.15, 0.2) is 0 Å². The highest BCUT2D eigenvalue weighted by Gasteiger charge is 2.15. The normalized spacial score (nSPS) is 12.7. The maximum Gasteiger partial charge on any atom is 0.128 e. The number of halogens is 1. The van der Waals surface area contributed by atoms with Crippen LogP contribution < -0.4 is 0 Å². The van der Waals surface area contributed by atoms with Crippen molar-refractivity contribution in [1.29, 1.82) is 0 Å². The lowest BCUT2D eigenvalue weighted by atomic mass is 10.0. The van der Waals surface area contributed by atoms with Crippen LogP contribution in [0.2, 0.25) is 0 Å². The number of hydrogen-bond acceptors (Lipinski definition) is 1. The summed E-state index contributed by atoms with van der Waals surface area (Å²) in [6.07, 6.45) is 2.73. The quantitative estimate of drug-likeness (QED) is 0.714. The largest absolute Gasteiger partial charge is 0.467 e. The van der Waals surface area contributed by atoms with Crippen molar-refractivity contribution in [1.82, 2.24) is 0 Å². The molecule has 1 unspecified atom stereocenters. The molecule has 0 aliphatic carbocycles. The summed E-state index contributed by atoms with van der Waals surface area (Å²) in [6.45, 7) is 4.15. The molecule has 0 N–H and O–H groups in total. The molecule has 1 aromatic heterocycles. The van der Waals surface area contributed by atoms with E-state index < -0.39 is 0 Å². The van der Waals surface area contributed by atoms with Crippen LogP contribution >= 0.6 is 11.6 Å². The van der Waals surface area contributed by atoms with Gasteiger partial charge in [0.1, 0.15) is 11.1 Å². The van der Waals surface area contributed by atoms with Gasteiger partial charge in [-0.1, -0.05) is 31.2 Å². The van der Waals surface area contributed by atoms with Crippen molar-refractivity contribution in [2.24, 2.45) is 0 Å². The van der Waals surface area contributed by atoms with E-state index in [9.17, 15) is 0 Å². The van der Waals surface area contributed by atoms with Gasteiger partial charge in [0.2, 0.25) is 0 Å². The minimum atomic E-state index is -0.194. The maximum atomic E-state index is 6.38. The Labute approximate surface area is 101 Å². The van der Waals surface area contributed by atoms with E-state index in [1.807, 2.05) is 13.0 Å². The van der Waals surface area contributed by atoms with Crippen LogP contribution in [0.5, 0.6) is 0 Å². The zero-order valence-corrected chi connectivity index (χ0v) is 10.3. The Morgan fingerprint density at radius 1 is 1.19 bits per heavy atom. The maximum absolute atomic E-state index is 6.38. The summed E-state index contributed by atoms with van der Waals surface area (Å²) in [5, 5.41) is -0.194. The Kier molecular flexibility index (Phi) is 3.35. The first-order valence-corrected chi connectivity index (χ1v) is 5.93. The first-order valence-electron chi connectivity index (χ1n) is 5.49. The van der Waals surface area contributed by atoms with Crippen LogP contribution in [0.3, 0.4) is 0 Å². The summed E-state index contributed by atoms with van der Waals surface area (Å²) in [4.78, 5) is 0. The molecule has 0 aliphatic rings. The van der Waals surface area contributed by atoms with Crippen molar-refractivity contribution in [3.63, 3.8) is 0 Å². The molecule has 2 heteroatoms. The molecule has 1 heterocycles. The van der Waals surface area contributed by atoms with Crippen molar-refractivity contribution in [2.45, 2.75) is 25.6 Å². The molecule has 2 rings (SSSR count). The monoisotopic (exact) mass is 234 g/mol. The molecule has 0 fully saturated rings. The molecule has 1 nitrogen and oxygen atoms in total. The van der Waals surface area contributed by atoms with Crippen molar-refractivity contribution >= 4 is 11.6 Å². The highest BCUT2D eigenvalue weighted by molar-refractivity contribution is 6.22. The van der Waals surface area contributed by atoms with Crippen molar-refractivity contribution in [2.75, 3.05) is 0 Å². The van der Waals surface area contributed by atoms with Crippen LogP contribution in [-0.4, -0.2) is 0 Å². The molecule has 0 bridgehead atoms. The van der Waals surface area contributed by atoms with E-state index in [0.29, 0.717) is 0 Å². The molecule has 0 spiro atoms. The molecule has 0 amide bonds. The molecule has 2 aromatic rings. The predicted molar refractivity (Wildman–Crippen MR) is 67.0 cm³/mol. The summed E-state index contributed by atoms with van der Waals surface area (Å²) in [5.74, 6) is 0.839. The fourth-order valence-electron chi connectivity index (χ4n) is 1.72. The van der Waals surface area contributed by atoms with E-state index in [4.69, 9.17) is 16.0 Å². The smallest absolute Gasteiger partial charge is 0.128 e. The highest BCUT2D eigenvalue weighted by Crippen LogP contribution is 2.31. The third-order valence-corrected chi connectivity index (χ3v) is 3.26. The lowest BCUT2D eigenvalue weighted by Crippen LogP contribution is -1.93. The molecule has 1 atom stereocenters. The van der Waals surface area contributed by atoms with E-state index in [0.717, 1.165) is 23.3 Å². The first kappa shape index (κ1) is 11.3. The van der Waals surface area contributed by atoms with E-state index in [1.165, 1.54) is 5.56 Å². The zero-order valence-electron chi connectivity index (χ0n) is 9.53. The Bertz CT molecular complexity index is 456. The fraction of sp³-hybridized carbons (Fsp3) is 0.286. The number of hydrogen-bond donors (Lipinski definition) is 0. The van der Waals surface area contributed by atoms with Gasteiger partial charge in [0, 0.05) is 0 Å². The summed E-state index contributed by atoms with van der Waals surface area (Å²) >= 11 is 6.38. The number of rotatable bonds is 3. The number of benzene rings is 1. The van der Waals surface area contributed by atoms with Gasteiger partial charge in [0.05, 0.1) is 6.26 Å². The molecule has 0 saturated heterocycles. The molecule has 84 valence electrons. The van der Waals surface area contributed by atoms with E-state index in [-0.39, 0.29) is 5.38 Å². The molecular weight excluding hydrogens is 220 g/mol. The molecule has 0 radical (unpaired) electrons. The molecular formula is C14H15ClO. The van der Waals surface area contributed by atoms with Gasteiger partial charge in [-0.05, 0) is 36.1 Å². The van der Waals surface area contributed by atoms with E-state index in [2.05, 4.69) is 31.2 Å². The van der Waals surface area contributed by atoms with Gasteiger partial charge >= 0.3 is 0 Å². The first-order chi connectivity index (χ1) is 7.72. The SMILES string of the molecule is CCc1ccc(C(Cl)c2occc2C)cc1. The Morgan fingerprint density at radius 3 is 2.38 bits per heavy atom. The average Bonchev–Trinajstić information content (AvgIpc) is 2.75. The number of alkyl halides is 1. The Hall–Kier alpha value is -1.21. The lowest BCUT2D eigenvalue weighted by molar-refractivity contribution is 0.513. The number of aryl methyl sites for hydroxylation is 2. The van der Waals surface area contributed by atoms with Crippen LogP contribution in [0.1, 0.15) is 34.8 Å². The third kappa shape index (κ3) is 2.14. The molecule has 0 aliphatic heterocycles. The molecule has 0 saturated carbocycles. The minimum Gasteiger partial charge on any atom is -0.467 e. The summed E-state index contributed by atoms with van der Waals surface area (Å²) in [7, 11) is 0. The Balaban J connectivity index is 2.27. The van der Waals surface area contributed by atoms with Gasteiger partial charge in [-0.25, -0.2) is 0 Å². The van der Waals surface area contributed by atoms with E-state index >= 15 is 0 Å². The van der Waals surface area contributed by atoms with E-state index in [1.54, 1.807) is 6.26 Å². The van der Waals surface area contributed by atoms with Crippen molar-refractivity contribution in [3.8, 4) is 0 Å². The topological polar surface area (TPSA) is 13.1 Å². The Morgan fingerprint density at radius 2 is 1.88 bits per heavy atom. The molecule has 16 heavy (non-hydrogen) atoms. The van der Waals surface area contributed by atoms with Crippen LogP contribution in [0, 0.1) is 6.92 Å². The summed E-state index contributed by atoms with van der Waals surface area (Å²) in [6, 6.07) is 10.3. The predicted octanol–water partition coefficient (Wildman–Crippen LogP) is 4.48. The van der Waals surface area contributed by atoms with Gasteiger partial charge in [0.25, 0.3) is 0 Å². The second kappa shape index (κ2) is 4.75. The number of furan rings is 1. The lowest BCUT2D eigenvalue weighted by Gasteiger charge is -2.09.